The zero-order valence-electron chi connectivity index (χ0n) is 9.45. The van der Waals surface area contributed by atoms with Crippen LogP contribution in [0.5, 0.6) is 0 Å². The molecule has 3 rings (SSSR count). The van der Waals surface area contributed by atoms with Gasteiger partial charge in [0.2, 0.25) is 0 Å². The Hall–Kier alpha value is -2.48. The van der Waals surface area contributed by atoms with Crippen molar-refractivity contribution in [1.29, 1.82) is 0 Å². The van der Waals surface area contributed by atoms with E-state index in [-0.39, 0.29) is 5.56 Å². The first-order valence-corrected chi connectivity index (χ1v) is 5.46. The molecule has 0 spiro atoms. The van der Waals surface area contributed by atoms with Crippen molar-refractivity contribution in [1.82, 2.24) is 29.6 Å². The van der Waals surface area contributed by atoms with Crippen molar-refractivity contribution in [3.8, 4) is 5.82 Å². The van der Waals surface area contributed by atoms with E-state index in [0.29, 0.717) is 30.0 Å². The summed E-state index contributed by atoms with van der Waals surface area (Å²) in [4.78, 5) is 12.0. The van der Waals surface area contributed by atoms with Gasteiger partial charge in [0.05, 0.1) is 0 Å². The normalized spacial score (nSPS) is 11.2. The molecule has 0 aliphatic rings. The lowest BCUT2D eigenvalue weighted by Crippen LogP contribution is -2.20. The summed E-state index contributed by atoms with van der Waals surface area (Å²) in [5.74, 6) is 0.482. The highest BCUT2D eigenvalue weighted by Crippen LogP contribution is 2.03. The number of aromatic nitrogens is 6. The molecule has 3 aromatic rings. The highest BCUT2D eigenvalue weighted by atomic mass is 16.1. The summed E-state index contributed by atoms with van der Waals surface area (Å²) in [5.41, 5.74) is 6.57. The molecule has 0 atom stereocenters. The molecular weight excluding hydrogens is 234 g/mol. The van der Waals surface area contributed by atoms with Crippen LogP contribution in [-0.2, 0) is 6.42 Å². The predicted octanol–water partition coefficient (Wildman–Crippen LogP) is -0.896. The van der Waals surface area contributed by atoms with Gasteiger partial charge in [-0.1, -0.05) is 0 Å². The average Bonchev–Trinajstić information content (AvgIpc) is 2.97. The Labute approximate surface area is 101 Å². The van der Waals surface area contributed by atoms with Gasteiger partial charge in [-0.25, -0.2) is 0 Å². The molecule has 0 aromatic carbocycles. The van der Waals surface area contributed by atoms with Gasteiger partial charge < -0.3 is 5.73 Å². The minimum Gasteiger partial charge on any atom is -0.330 e. The first-order chi connectivity index (χ1) is 8.79. The molecule has 3 N–H and O–H groups in total. The Morgan fingerprint density at radius 2 is 2.28 bits per heavy atom. The second kappa shape index (κ2) is 4.08. The smallest absolute Gasteiger partial charge is 0.275 e. The number of nitrogens with one attached hydrogen (secondary N) is 1. The van der Waals surface area contributed by atoms with E-state index < -0.39 is 0 Å². The van der Waals surface area contributed by atoms with E-state index in [1.807, 2.05) is 0 Å². The molecule has 0 amide bonds. The highest BCUT2D eigenvalue weighted by Gasteiger charge is 2.09. The van der Waals surface area contributed by atoms with Crippen LogP contribution >= 0.6 is 0 Å². The van der Waals surface area contributed by atoms with E-state index in [1.54, 1.807) is 18.3 Å². The number of rotatable bonds is 3. The number of hydrogen-bond acceptors (Lipinski definition) is 5. The Morgan fingerprint density at radius 1 is 1.39 bits per heavy atom. The van der Waals surface area contributed by atoms with Gasteiger partial charge in [0, 0.05) is 11.8 Å². The van der Waals surface area contributed by atoms with E-state index in [1.165, 1.54) is 15.5 Å². The SMILES string of the molecule is NCCc1c[nH]n(-c2ccc3nncn3n2)c1=O. The third-order valence-corrected chi connectivity index (χ3v) is 2.64. The van der Waals surface area contributed by atoms with Gasteiger partial charge in [-0.3, -0.25) is 9.89 Å². The zero-order valence-corrected chi connectivity index (χ0v) is 9.45. The van der Waals surface area contributed by atoms with Gasteiger partial charge in [0.1, 0.15) is 6.33 Å². The highest BCUT2D eigenvalue weighted by molar-refractivity contribution is 5.37. The molecule has 0 aliphatic carbocycles. The van der Waals surface area contributed by atoms with Crippen LogP contribution in [0, 0.1) is 0 Å². The van der Waals surface area contributed by atoms with E-state index in [4.69, 9.17) is 5.73 Å². The van der Waals surface area contributed by atoms with E-state index in [2.05, 4.69) is 20.4 Å². The van der Waals surface area contributed by atoms with Gasteiger partial charge in [-0.15, -0.1) is 15.3 Å². The van der Waals surface area contributed by atoms with Gasteiger partial charge in [0.25, 0.3) is 5.56 Å². The van der Waals surface area contributed by atoms with Gasteiger partial charge in [-0.05, 0) is 25.1 Å². The molecular formula is C10H11N7O. The number of H-pyrrole nitrogens is 1. The second-order valence-electron chi connectivity index (χ2n) is 3.80. The number of hydrogen-bond donors (Lipinski definition) is 2. The van der Waals surface area contributed by atoms with Crippen LogP contribution in [0.2, 0.25) is 0 Å². The van der Waals surface area contributed by atoms with Crippen molar-refractivity contribution in [3.63, 3.8) is 0 Å². The summed E-state index contributed by atoms with van der Waals surface area (Å²) in [5, 5.41) is 14.7. The van der Waals surface area contributed by atoms with E-state index in [9.17, 15) is 4.79 Å². The summed E-state index contributed by atoms with van der Waals surface area (Å²) >= 11 is 0. The van der Waals surface area contributed by atoms with Crippen LogP contribution < -0.4 is 11.3 Å². The summed E-state index contributed by atoms with van der Waals surface area (Å²) in [7, 11) is 0. The minimum atomic E-state index is -0.139. The van der Waals surface area contributed by atoms with Crippen molar-refractivity contribution in [2.24, 2.45) is 5.73 Å². The van der Waals surface area contributed by atoms with Crippen molar-refractivity contribution >= 4 is 5.65 Å². The number of nitrogens with zero attached hydrogens (tertiary/aromatic N) is 5. The standard InChI is InChI=1S/C10H11N7O/c11-4-3-7-5-13-17(10(7)18)9-2-1-8-14-12-6-16(8)15-9/h1-2,5-6,13H,3-4,11H2. The second-order valence-corrected chi connectivity index (χ2v) is 3.80. The molecule has 0 radical (unpaired) electrons. The number of nitrogens with two attached hydrogens (primary N) is 1. The Morgan fingerprint density at radius 3 is 3.11 bits per heavy atom. The number of aromatic amines is 1. The average molecular weight is 245 g/mol. The fraction of sp³-hybridized carbons (Fsp3) is 0.200. The van der Waals surface area contributed by atoms with Crippen LogP contribution in [0.4, 0.5) is 0 Å². The fourth-order valence-corrected chi connectivity index (χ4v) is 1.75. The molecule has 0 aliphatic heterocycles. The monoisotopic (exact) mass is 245 g/mol. The topological polar surface area (TPSA) is 107 Å². The minimum absolute atomic E-state index is 0.139. The molecule has 8 heteroatoms. The maximum atomic E-state index is 12.0. The van der Waals surface area contributed by atoms with Crippen molar-refractivity contribution in [2.75, 3.05) is 6.54 Å². The first-order valence-electron chi connectivity index (χ1n) is 5.46. The molecule has 8 nitrogen and oxygen atoms in total. The Balaban J connectivity index is 2.11. The third kappa shape index (κ3) is 1.59. The Kier molecular flexibility index (Phi) is 2.41. The van der Waals surface area contributed by atoms with Crippen LogP contribution in [0.3, 0.4) is 0 Å². The van der Waals surface area contributed by atoms with Crippen LogP contribution in [0.25, 0.3) is 11.5 Å². The van der Waals surface area contributed by atoms with Crippen LogP contribution in [-0.4, -0.2) is 36.1 Å². The van der Waals surface area contributed by atoms with Crippen molar-refractivity contribution in [3.05, 3.63) is 40.6 Å². The van der Waals surface area contributed by atoms with Gasteiger partial charge >= 0.3 is 0 Å². The molecule has 0 bridgehead atoms. The lowest BCUT2D eigenvalue weighted by molar-refractivity contribution is 0.770. The fourth-order valence-electron chi connectivity index (χ4n) is 1.75. The molecule has 3 heterocycles. The number of fused-ring (bicyclic) bond motifs is 1. The molecule has 0 saturated heterocycles. The van der Waals surface area contributed by atoms with E-state index >= 15 is 0 Å². The molecule has 0 unspecified atom stereocenters. The van der Waals surface area contributed by atoms with Crippen molar-refractivity contribution < 1.29 is 0 Å². The predicted molar refractivity (Wildman–Crippen MR) is 63.5 cm³/mol. The first kappa shape index (κ1) is 10.7. The van der Waals surface area contributed by atoms with Gasteiger partial charge in [-0.2, -0.15) is 9.20 Å². The molecule has 18 heavy (non-hydrogen) atoms. The van der Waals surface area contributed by atoms with Crippen molar-refractivity contribution in [2.45, 2.75) is 6.42 Å². The third-order valence-electron chi connectivity index (χ3n) is 2.64. The van der Waals surface area contributed by atoms with E-state index in [0.717, 1.165) is 0 Å². The van der Waals surface area contributed by atoms with Crippen LogP contribution in [0.15, 0.2) is 29.5 Å². The van der Waals surface area contributed by atoms with Gasteiger partial charge in [0.15, 0.2) is 11.5 Å². The summed E-state index contributed by atoms with van der Waals surface area (Å²) < 4.78 is 2.87. The maximum Gasteiger partial charge on any atom is 0.275 e. The molecule has 3 aromatic heterocycles. The molecule has 0 saturated carbocycles. The lowest BCUT2D eigenvalue weighted by Gasteiger charge is -2.00. The maximum absolute atomic E-state index is 12.0. The summed E-state index contributed by atoms with van der Waals surface area (Å²) in [6.45, 7) is 0.436. The summed E-state index contributed by atoms with van der Waals surface area (Å²) in [6.07, 6.45) is 3.66. The summed E-state index contributed by atoms with van der Waals surface area (Å²) in [6, 6.07) is 3.44. The molecule has 92 valence electrons. The quantitative estimate of drug-likeness (QED) is 0.622. The Bertz CT molecular complexity index is 738. The largest absolute Gasteiger partial charge is 0.330 e. The van der Waals surface area contributed by atoms with Crippen LogP contribution in [0.1, 0.15) is 5.56 Å². The zero-order chi connectivity index (χ0) is 12.5. The lowest BCUT2D eigenvalue weighted by atomic mass is 10.2. The molecule has 0 fully saturated rings.